The van der Waals surface area contributed by atoms with Crippen molar-refractivity contribution in [2.75, 3.05) is 11.9 Å². The van der Waals surface area contributed by atoms with Crippen LogP contribution in [0.1, 0.15) is 5.56 Å². The molecule has 0 fully saturated rings. The molecule has 0 bridgehead atoms. The van der Waals surface area contributed by atoms with Gasteiger partial charge in [0.2, 0.25) is 0 Å². The zero-order valence-electron chi connectivity index (χ0n) is 7.05. The molecule has 0 radical (unpaired) electrons. The summed E-state index contributed by atoms with van der Waals surface area (Å²) in [6.45, 7) is 0.0403. The van der Waals surface area contributed by atoms with Gasteiger partial charge in [0.05, 0.1) is 18.8 Å². The second-order valence-corrected chi connectivity index (χ2v) is 2.49. The van der Waals surface area contributed by atoms with E-state index in [1.807, 2.05) is 0 Å². The number of aliphatic hydroxyl groups excluding tert-OH is 1. The highest BCUT2D eigenvalue weighted by molar-refractivity contribution is 5.52. The molecule has 2 nitrogen and oxygen atoms in total. The first-order chi connectivity index (χ1) is 6.29. The van der Waals surface area contributed by atoms with E-state index in [2.05, 4.69) is 11.2 Å². The largest absolute Gasteiger partial charge is 0.392 e. The van der Waals surface area contributed by atoms with Gasteiger partial charge in [-0.05, 0) is 6.07 Å². The number of halogens is 1. The van der Waals surface area contributed by atoms with Gasteiger partial charge in [0, 0.05) is 5.56 Å². The summed E-state index contributed by atoms with van der Waals surface area (Å²) in [4.78, 5) is 0. The standard InChI is InChI=1S/C10H10FNO/c1-2-6-12-10-8(7-13)4-3-5-9(10)11/h1,3-5,12-13H,6-7H2. The predicted molar refractivity (Wildman–Crippen MR) is 49.6 cm³/mol. The Bertz CT molecular complexity index is 330. The van der Waals surface area contributed by atoms with Gasteiger partial charge in [0.15, 0.2) is 0 Å². The Balaban J connectivity index is 2.95. The monoisotopic (exact) mass is 179 g/mol. The minimum Gasteiger partial charge on any atom is -0.392 e. The Morgan fingerprint density at radius 1 is 1.54 bits per heavy atom. The van der Waals surface area contributed by atoms with Gasteiger partial charge in [0.25, 0.3) is 0 Å². The molecule has 0 heterocycles. The molecule has 0 unspecified atom stereocenters. The van der Waals surface area contributed by atoms with Crippen molar-refractivity contribution in [3.63, 3.8) is 0 Å². The molecule has 0 aliphatic rings. The molecule has 2 N–H and O–H groups in total. The molecule has 0 atom stereocenters. The fourth-order valence-electron chi connectivity index (χ4n) is 1.04. The van der Waals surface area contributed by atoms with E-state index in [-0.39, 0.29) is 18.8 Å². The molecule has 0 saturated carbocycles. The summed E-state index contributed by atoms with van der Waals surface area (Å²) in [7, 11) is 0. The van der Waals surface area contributed by atoms with Gasteiger partial charge in [-0.1, -0.05) is 18.1 Å². The maximum Gasteiger partial charge on any atom is 0.146 e. The van der Waals surface area contributed by atoms with Crippen molar-refractivity contribution >= 4 is 5.69 Å². The topological polar surface area (TPSA) is 32.3 Å². The van der Waals surface area contributed by atoms with Gasteiger partial charge in [-0.15, -0.1) is 6.42 Å². The van der Waals surface area contributed by atoms with Crippen LogP contribution in [0.25, 0.3) is 0 Å². The van der Waals surface area contributed by atoms with Crippen LogP contribution in [0.15, 0.2) is 18.2 Å². The van der Waals surface area contributed by atoms with Gasteiger partial charge < -0.3 is 10.4 Å². The Morgan fingerprint density at radius 3 is 2.92 bits per heavy atom. The number of benzene rings is 1. The SMILES string of the molecule is C#CCNc1c(F)cccc1CO. The fraction of sp³-hybridized carbons (Fsp3) is 0.200. The molecular weight excluding hydrogens is 169 g/mol. The summed E-state index contributed by atoms with van der Waals surface area (Å²) < 4.78 is 13.1. The summed E-state index contributed by atoms with van der Waals surface area (Å²) in [6, 6.07) is 4.50. The van der Waals surface area contributed by atoms with E-state index in [0.717, 1.165) is 0 Å². The van der Waals surface area contributed by atoms with Crippen molar-refractivity contribution < 1.29 is 9.50 Å². The van der Waals surface area contributed by atoms with E-state index in [1.54, 1.807) is 12.1 Å². The molecule has 0 saturated heterocycles. The van der Waals surface area contributed by atoms with Crippen molar-refractivity contribution in [2.45, 2.75) is 6.61 Å². The molecule has 0 aliphatic heterocycles. The minimum absolute atomic E-state index is 0.204. The van der Waals surface area contributed by atoms with Crippen LogP contribution in [0.3, 0.4) is 0 Å². The van der Waals surface area contributed by atoms with Crippen molar-refractivity contribution in [3.05, 3.63) is 29.6 Å². The number of para-hydroxylation sites is 1. The molecule has 1 aromatic rings. The van der Waals surface area contributed by atoms with E-state index in [0.29, 0.717) is 5.56 Å². The average Bonchev–Trinajstić information content (AvgIpc) is 2.15. The van der Waals surface area contributed by atoms with Crippen LogP contribution in [-0.2, 0) is 6.61 Å². The van der Waals surface area contributed by atoms with Gasteiger partial charge in [-0.3, -0.25) is 0 Å². The quantitative estimate of drug-likeness (QED) is 0.687. The highest BCUT2D eigenvalue weighted by Crippen LogP contribution is 2.19. The van der Waals surface area contributed by atoms with Crippen LogP contribution in [0.4, 0.5) is 10.1 Å². The average molecular weight is 179 g/mol. The number of anilines is 1. The van der Waals surface area contributed by atoms with E-state index in [9.17, 15) is 4.39 Å². The second kappa shape index (κ2) is 4.48. The smallest absolute Gasteiger partial charge is 0.146 e. The van der Waals surface area contributed by atoms with Crippen molar-refractivity contribution in [1.29, 1.82) is 0 Å². The molecule has 68 valence electrons. The van der Waals surface area contributed by atoms with E-state index in [1.165, 1.54) is 6.07 Å². The molecule has 1 rings (SSSR count). The zero-order chi connectivity index (χ0) is 9.68. The van der Waals surface area contributed by atoms with E-state index >= 15 is 0 Å². The summed E-state index contributed by atoms with van der Waals surface area (Å²) in [5, 5.41) is 11.6. The normalized spacial score (nSPS) is 9.31. The van der Waals surface area contributed by atoms with Gasteiger partial charge in [0.1, 0.15) is 5.82 Å². The summed E-state index contributed by atoms with van der Waals surface area (Å²) in [5.41, 5.74) is 0.790. The van der Waals surface area contributed by atoms with E-state index < -0.39 is 5.82 Å². The van der Waals surface area contributed by atoms with Crippen LogP contribution < -0.4 is 5.32 Å². The van der Waals surface area contributed by atoms with Crippen LogP contribution in [0.5, 0.6) is 0 Å². The minimum atomic E-state index is -0.401. The number of terminal acetylenes is 1. The first kappa shape index (κ1) is 9.56. The molecule has 0 aliphatic carbocycles. The molecule has 0 spiro atoms. The molecule has 1 aromatic carbocycles. The van der Waals surface area contributed by atoms with Crippen LogP contribution in [0.2, 0.25) is 0 Å². The molecule has 0 amide bonds. The third-order valence-electron chi connectivity index (χ3n) is 1.64. The lowest BCUT2D eigenvalue weighted by molar-refractivity contribution is 0.282. The van der Waals surface area contributed by atoms with Gasteiger partial charge in [-0.2, -0.15) is 0 Å². The highest BCUT2D eigenvalue weighted by atomic mass is 19.1. The van der Waals surface area contributed by atoms with Crippen LogP contribution in [-0.4, -0.2) is 11.7 Å². The maximum absolute atomic E-state index is 13.1. The summed E-state index contributed by atoms with van der Waals surface area (Å²) in [6.07, 6.45) is 5.02. The van der Waals surface area contributed by atoms with Gasteiger partial charge >= 0.3 is 0 Å². The number of hydrogen-bond donors (Lipinski definition) is 2. The maximum atomic E-state index is 13.1. The van der Waals surface area contributed by atoms with Crippen molar-refractivity contribution in [2.24, 2.45) is 0 Å². The van der Waals surface area contributed by atoms with Crippen LogP contribution >= 0.6 is 0 Å². The van der Waals surface area contributed by atoms with Crippen molar-refractivity contribution in [1.82, 2.24) is 0 Å². The Labute approximate surface area is 76.4 Å². The molecule has 0 aromatic heterocycles. The third kappa shape index (κ3) is 2.20. The zero-order valence-corrected chi connectivity index (χ0v) is 7.05. The second-order valence-electron chi connectivity index (χ2n) is 2.49. The van der Waals surface area contributed by atoms with Crippen LogP contribution in [0, 0.1) is 18.2 Å². The number of rotatable bonds is 3. The third-order valence-corrected chi connectivity index (χ3v) is 1.64. The first-order valence-corrected chi connectivity index (χ1v) is 3.85. The van der Waals surface area contributed by atoms with Gasteiger partial charge in [-0.25, -0.2) is 4.39 Å². The van der Waals surface area contributed by atoms with E-state index in [4.69, 9.17) is 11.5 Å². The fourth-order valence-corrected chi connectivity index (χ4v) is 1.04. The highest BCUT2D eigenvalue weighted by Gasteiger charge is 2.05. The first-order valence-electron chi connectivity index (χ1n) is 3.85. The Kier molecular flexibility index (Phi) is 3.30. The predicted octanol–water partition coefficient (Wildman–Crippen LogP) is 1.36. The summed E-state index contributed by atoms with van der Waals surface area (Å²) in [5.74, 6) is 1.93. The lowest BCUT2D eigenvalue weighted by Crippen LogP contribution is -2.04. The molecular formula is C10H10FNO. The number of nitrogens with one attached hydrogen (secondary N) is 1. The lowest BCUT2D eigenvalue weighted by atomic mass is 10.2. The summed E-state index contributed by atoms with van der Waals surface area (Å²) >= 11 is 0. The molecule has 3 heteroatoms. The number of aliphatic hydroxyl groups is 1. The Hall–Kier alpha value is -1.53. The van der Waals surface area contributed by atoms with Crippen molar-refractivity contribution in [3.8, 4) is 12.3 Å². The molecule has 13 heavy (non-hydrogen) atoms. The lowest BCUT2D eigenvalue weighted by Gasteiger charge is -2.08. The Morgan fingerprint density at radius 2 is 2.31 bits per heavy atom. The number of hydrogen-bond acceptors (Lipinski definition) is 2.